The van der Waals surface area contributed by atoms with Gasteiger partial charge >= 0.3 is 0 Å². The summed E-state index contributed by atoms with van der Waals surface area (Å²) in [7, 11) is 0. The van der Waals surface area contributed by atoms with Gasteiger partial charge < -0.3 is 0 Å². The highest BCUT2D eigenvalue weighted by atomic mass is 79.9. The minimum atomic E-state index is 0.357. The van der Waals surface area contributed by atoms with Gasteiger partial charge in [0.15, 0.2) is 0 Å². The maximum Gasteiger partial charge on any atom is 0.147 e. The molecule has 2 rings (SSSR count). The van der Waals surface area contributed by atoms with Crippen LogP contribution in [0.2, 0.25) is 5.15 Å². The van der Waals surface area contributed by atoms with Crippen molar-refractivity contribution >= 4 is 27.5 Å². The summed E-state index contributed by atoms with van der Waals surface area (Å²) >= 11 is 9.77. The molecule has 1 saturated carbocycles. The van der Waals surface area contributed by atoms with Crippen LogP contribution < -0.4 is 0 Å². The average molecular weight is 360 g/mol. The molecule has 0 bridgehead atoms. The Hall–Kier alpha value is -0.150. The molecule has 0 atom stereocenters. The van der Waals surface area contributed by atoms with E-state index < -0.39 is 0 Å². The van der Waals surface area contributed by atoms with Crippen molar-refractivity contribution in [3.63, 3.8) is 0 Å². The van der Waals surface area contributed by atoms with E-state index in [1.165, 1.54) is 25.7 Å². The Bertz CT molecular complexity index is 466. The molecule has 0 saturated heterocycles. The van der Waals surface area contributed by atoms with Crippen LogP contribution in [0.4, 0.5) is 0 Å². The maximum atomic E-state index is 6.26. The molecule has 1 aliphatic rings. The van der Waals surface area contributed by atoms with E-state index in [0.29, 0.717) is 17.0 Å². The Balaban J connectivity index is 2.18. The van der Waals surface area contributed by atoms with E-state index in [1.807, 2.05) is 0 Å². The Kier molecular flexibility index (Phi) is 5.47. The van der Waals surface area contributed by atoms with Crippen LogP contribution in [0.25, 0.3) is 0 Å². The van der Waals surface area contributed by atoms with Crippen LogP contribution in [0.15, 0.2) is 4.47 Å². The zero-order chi connectivity index (χ0) is 14.9. The van der Waals surface area contributed by atoms with E-state index in [9.17, 15) is 0 Å². The normalized spacial score (nSPS) is 23.6. The van der Waals surface area contributed by atoms with E-state index in [4.69, 9.17) is 16.6 Å². The van der Waals surface area contributed by atoms with Gasteiger partial charge in [-0.2, -0.15) is 0 Å². The fourth-order valence-corrected chi connectivity index (χ4v) is 3.88. The number of rotatable bonds is 3. The Labute approximate surface area is 135 Å². The summed E-state index contributed by atoms with van der Waals surface area (Å²) < 4.78 is 0.855. The molecule has 0 amide bonds. The molecule has 0 spiro atoms. The molecular weight excluding hydrogens is 336 g/mol. The molecule has 1 aromatic heterocycles. The molecule has 2 nitrogen and oxygen atoms in total. The van der Waals surface area contributed by atoms with Crippen LogP contribution in [0.1, 0.15) is 76.7 Å². The Morgan fingerprint density at radius 2 is 1.65 bits per heavy atom. The molecule has 0 N–H and O–H groups in total. The van der Waals surface area contributed by atoms with Crippen LogP contribution in [0, 0.1) is 11.8 Å². The van der Waals surface area contributed by atoms with Gasteiger partial charge in [0, 0.05) is 5.92 Å². The predicted molar refractivity (Wildman–Crippen MR) is 88.4 cm³/mol. The molecule has 0 unspecified atom stereocenters. The first kappa shape index (κ1) is 16.2. The summed E-state index contributed by atoms with van der Waals surface area (Å²) in [6.07, 6.45) is 4.96. The summed E-state index contributed by atoms with van der Waals surface area (Å²) in [6.45, 7) is 8.94. The van der Waals surface area contributed by atoms with Crippen LogP contribution in [-0.4, -0.2) is 9.97 Å². The van der Waals surface area contributed by atoms with Gasteiger partial charge in [-0.1, -0.05) is 39.3 Å². The monoisotopic (exact) mass is 358 g/mol. The molecule has 112 valence electrons. The SMILES string of the molecule is CC(C)c1nc(C2CCC(C(C)C)CC2)nc(Cl)c1Br. The Morgan fingerprint density at radius 3 is 2.15 bits per heavy atom. The maximum absolute atomic E-state index is 6.26. The summed E-state index contributed by atoms with van der Waals surface area (Å²) in [6, 6.07) is 0. The lowest BCUT2D eigenvalue weighted by molar-refractivity contribution is 0.254. The van der Waals surface area contributed by atoms with Gasteiger partial charge in [0.1, 0.15) is 11.0 Å². The highest BCUT2D eigenvalue weighted by molar-refractivity contribution is 9.10. The first-order valence-electron chi connectivity index (χ1n) is 7.63. The minimum Gasteiger partial charge on any atom is -0.236 e. The third-order valence-electron chi connectivity index (χ3n) is 4.48. The zero-order valence-corrected chi connectivity index (χ0v) is 15.1. The molecule has 1 fully saturated rings. The summed E-state index contributed by atoms with van der Waals surface area (Å²) in [4.78, 5) is 9.30. The van der Waals surface area contributed by atoms with Crippen molar-refractivity contribution in [3.05, 3.63) is 21.1 Å². The van der Waals surface area contributed by atoms with E-state index in [-0.39, 0.29) is 0 Å². The van der Waals surface area contributed by atoms with Gasteiger partial charge in [0.25, 0.3) is 0 Å². The summed E-state index contributed by atoms with van der Waals surface area (Å²) in [5.41, 5.74) is 1.03. The largest absolute Gasteiger partial charge is 0.236 e. The molecule has 0 radical (unpaired) electrons. The average Bonchev–Trinajstić information content (AvgIpc) is 2.41. The summed E-state index contributed by atoms with van der Waals surface area (Å²) in [5, 5.41) is 0.560. The molecule has 4 heteroatoms. The minimum absolute atomic E-state index is 0.357. The fourth-order valence-electron chi connectivity index (χ4n) is 3.06. The third kappa shape index (κ3) is 3.54. The van der Waals surface area contributed by atoms with Gasteiger partial charge in [-0.15, -0.1) is 0 Å². The molecule has 1 aromatic rings. The lowest BCUT2D eigenvalue weighted by Crippen LogP contribution is -2.19. The van der Waals surface area contributed by atoms with Crippen molar-refractivity contribution in [2.75, 3.05) is 0 Å². The number of halogens is 2. The third-order valence-corrected chi connectivity index (χ3v) is 5.76. The van der Waals surface area contributed by atoms with Crippen molar-refractivity contribution in [2.24, 2.45) is 11.8 Å². The van der Waals surface area contributed by atoms with Gasteiger partial charge in [-0.25, -0.2) is 9.97 Å². The first-order chi connectivity index (χ1) is 9.40. The number of aromatic nitrogens is 2. The second kappa shape index (κ2) is 6.74. The van der Waals surface area contributed by atoms with Crippen molar-refractivity contribution in [2.45, 2.75) is 65.2 Å². The van der Waals surface area contributed by atoms with E-state index in [1.54, 1.807) is 0 Å². The highest BCUT2D eigenvalue weighted by Crippen LogP contribution is 2.39. The van der Waals surface area contributed by atoms with E-state index in [0.717, 1.165) is 27.8 Å². The van der Waals surface area contributed by atoms with Crippen molar-refractivity contribution < 1.29 is 0 Å². The number of nitrogens with zero attached hydrogens (tertiary/aromatic N) is 2. The standard InChI is InChI=1S/C16H24BrClN2/c1-9(2)11-5-7-12(8-6-11)16-19-14(10(3)4)13(17)15(18)20-16/h9-12H,5-8H2,1-4H3. The highest BCUT2D eigenvalue weighted by Gasteiger charge is 2.27. The molecule has 0 aliphatic heterocycles. The lowest BCUT2D eigenvalue weighted by Gasteiger charge is -2.30. The molecule has 1 heterocycles. The molecular formula is C16H24BrClN2. The van der Waals surface area contributed by atoms with Gasteiger partial charge in [-0.05, 0) is 59.4 Å². The Morgan fingerprint density at radius 1 is 1.05 bits per heavy atom. The smallest absolute Gasteiger partial charge is 0.147 e. The van der Waals surface area contributed by atoms with E-state index in [2.05, 4.69) is 48.6 Å². The van der Waals surface area contributed by atoms with Gasteiger partial charge in [0.2, 0.25) is 0 Å². The fraction of sp³-hybridized carbons (Fsp3) is 0.750. The van der Waals surface area contributed by atoms with Crippen LogP contribution in [0.5, 0.6) is 0 Å². The van der Waals surface area contributed by atoms with Crippen LogP contribution >= 0.6 is 27.5 Å². The van der Waals surface area contributed by atoms with Gasteiger partial charge in [0.05, 0.1) is 10.2 Å². The lowest BCUT2D eigenvalue weighted by atomic mass is 9.76. The van der Waals surface area contributed by atoms with Crippen molar-refractivity contribution in [1.82, 2.24) is 9.97 Å². The zero-order valence-electron chi connectivity index (χ0n) is 12.8. The van der Waals surface area contributed by atoms with Crippen LogP contribution in [0.3, 0.4) is 0 Å². The number of hydrogen-bond acceptors (Lipinski definition) is 2. The second-order valence-electron chi connectivity index (χ2n) is 6.58. The van der Waals surface area contributed by atoms with Gasteiger partial charge in [-0.3, -0.25) is 0 Å². The van der Waals surface area contributed by atoms with E-state index >= 15 is 0 Å². The second-order valence-corrected chi connectivity index (χ2v) is 7.73. The first-order valence-corrected chi connectivity index (χ1v) is 8.80. The number of hydrogen-bond donors (Lipinski definition) is 0. The topological polar surface area (TPSA) is 25.8 Å². The molecule has 20 heavy (non-hydrogen) atoms. The van der Waals surface area contributed by atoms with Crippen molar-refractivity contribution in [1.29, 1.82) is 0 Å². The quantitative estimate of drug-likeness (QED) is 0.623. The van der Waals surface area contributed by atoms with Crippen LogP contribution in [-0.2, 0) is 0 Å². The summed E-state index contributed by atoms with van der Waals surface area (Å²) in [5.74, 6) is 3.44. The molecule has 1 aliphatic carbocycles. The molecule has 0 aromatic carbocycles. The predicted octanol–water partition coefficient (Wildman–Crippen LogP) is 5.95. The van der Waals surface area contributed by atoms with Crippen molar-refractivity contribution in [3.8, 4) is 0 Å².